The smallest absolute Gasteiger partial charge is 0.300 e. The highest BCUT2D eigenvalue weighted by atomic mass is 79.9. The first-order valence-corrected chi connectivity index (χ1v) is 10.2. The molecule has 1 aliphatic heterocycles. The average molecular weight is 484 g/mol. The zero-order valence-corrected chi connectivity index (χ0v) is 17.9. The number of halogens is 3. The number of ketones is 1. The number of hydrogen-bond acceptors (Lipinski definition) is 3. The zero-order chi connectivity index (χ0) is 22.3. The molecule has 1 aliphatic rings. The molecule has 7 heteroatoms. The normalized spacial score (nSPS) is 17.9. The third-order valence-electron chi connectivity index (χ3n) is 5.16. The predicted octanol–water partition coefficient (Wildman–Crippen LogP) is 5.66. The molecule has 1 heterocycles. The van der Waals surface area contributed by atoms with Crippen molar-refractivity contribution < 1.29 is 23.5 Å². The molecule has 0 aliphatic carbocycles. The van der Waals surface area contributed by atoms with E-state index in [4.69, 9.17) is 0 Å². The van der Waals surface area contributed by atoms with Crippen LogP contribution < -0.4 is 4.90 Å². The van der Waals surface area contributed by atoms with Crippen molar-refractivity contribution in [1.82, 2.24) is 0 Å². The summed E-state index contributed by atoms with van der Waals surface area (Å²) in [5.41, 5.74) is 1.25. The van der Waals surface area contributed by atoms with Gasteiger partial charge in [0.1, 0.15) is 17.4 Å². The number of carbonyl (C=O) groups excluding carboxylic acids is 2. The summed E-state index contributed by atoms with van der Waals surface area (Å²) in [7, 11) is 0. The monoisotopic (exact) mass is 483 g/mol. The van der Waals surface area contributed by atoms with Crippen LogP contribution in [0.1, 0.15) is 22.7 Å². The minimum atomic E-state index is -1.08. The average Bonchev–Trinajstić information content (AvgIpc) is 3.01. The van der Waals surface area contributed by atoms with Crippen molar-refractivity contribution in [2.24, 2.45) is 0 Å². The summed E-state index contributed by atoms with van der Waals surface area (Å²) in [6, 6.07) is 15.2. The topological polar surface area (TPSA) is 57.6 Å². The molecule has 0 spiro atoms. The second kappa shape index (κ2) is 8.07. The van der Waals surface area contributed by atoms with Gasteiger partial charge in [-0.2, -0.15) is 0 Å². The van der Waals surface area contributed by atoms with Gasteiger partial charge in [0.05, 0.1) is 17.3 Å². The summed E-state index contributed by atoms with van der Waals surface area (Å²) >= 11 is 3.39. The Morgan fingerprint density at radius 3 is 2.35 bits per heavy atom. The molecule has 0 bridgehead atoms. The van der Waals surface area contributed by atoms with Gasteiger partial charge < -0.3 is 5.11 Å². The van der Waals surface area contributed by atoms with E-state index in [1.165, 1.54) is 0 Å². The molecule has 1 fully saturated rings. The molecule has 1 unspecified atom stereocenters. The van der Waals surface area contributed by atoms with Crippen LogP contribution in [-0.4, -0.2) is 16.8 Å². The highest BCUT2D eigenvalue weighted by Crippen LogP contribution is 2.43. The van der Waals surface area contributed by atoms with Crippen LogP contribution in [0.5, 0.6) is 0 Å². The van der Waals surface area contributed by atoms with Gasteiger partial charge in [0, 0.05) is 16.1 Å². The maximum atomic E-state index is 14.6. The first-order chi connectivity index (χ1) is 14.8. The van der Waals surface area contributed by atoms with E-state index in [1.807, 2.05) is 6.92 Å². The van der Waals surface area contributed by atoms with Crippen LogP contribution in [0.2, 0.25) is 0 Å². The maximum Gasteiger partial charge on any atom is 0.300 e. The lowest BCUT2D eigenvalue weighted by atomic mass is 9.94. The van der Waals surface area contributed by atoms with Crippen molar-refractivity contribution in [1.29, 1.82) is 0 Å². The Balaban J connectivity index is 1.97. The quantitative estimate of drug-likeness (QED) is 0.297. The van der Waals surface area contributed by atoms with E-state index in [1.54, 1.807) is 48.5 Å². The van der Waals surface area contributed by atoms with Gasteiger partial charge in [0.2, 0.25) is 0 Å². The molecule has 3 aromatic rings. The number of Topliss-reactive ketones (excluding diaryl/α,β-unsaturated/α-hetero) is 1. The molecular formula is C24H16BrF2NO3. The molecule has 156 valence electrons. The molecule has 1 N–H and O–H groups in total. The molecule has 1 atom stereocenters. The first-order valence-electron chi connectivity index (χ1n) is 9.37. The van der Waals surface area contributed by atoms with Gasteiger partial charge in [0.15, 0.2) is 0 Å². The van der Waals surface area contributed by atoms with E-state index >= 15 is 0 Å². The Bertz CT molecular complexity index is 1240. The van der Waals surface area contributed by atoms with Gasteiger partial charge in [-0.3, -0.25) is 14.5 Å². The number of benzene rings is 3. The Hall–Kier alpha value is -3.32. The number of carbonyl (C=O) groups is 2. The number of aliphatic hydroxyl groups is 1. The second-order valence-corrected chi connectivity index (χ2v) is 7.99. The Kier molecular flexibility index (Phi) is 5.45. The number of nitrogens with zero attached hydrogens (tertiary/aromatic N) is 1. The summed E-state index contributed by atoms with van der Waals surface area (Å²) < 4.78 is 28.9. The van der Waals surface area contributed by atoms with Crippen LogP contribution >= 0.6 is 15.9 Å². The lowest BCUT2D eigenvalue weighted by Gasteiger charge is -2.25. The number of hydrogen-bond donors (Lipinski definition) is 1. The molecular weight excluding hydrogens is 468 g/mol. The van der Waals surface area contributed by atoms with Crippen LogP contribution in [-0.2, 0) is 9.59 Å². The van der Waals surface area contributed by atoms with Gasteiger partial charge in [-0.1, -0.05) is 52.3 Å². The number of rotatable bonds is 3. The van der Waals surface area contributed by atoms with Crippen molar-refractivity contribution in [2.75, 3.05) is 4.90 Å². The van der Waals surface area contributed by atoms with Gasteiger partial charge in [-0.05, 0) is 42.3 Å². The fraction of sp³-hybridized carbons (Fsp3) is 0.0833. The molecule has 3 aromatic carbocycles. The molecule has 0 saturated carbocycles. The van der Waals surface area contributed by atoms with Crippen LogP contribution in [0.25, 0.3) is 5.76 Å². The van der Waals surface area contributed by atoms with E-state index in [0.29, 0.717) is 17.2 Å². The van der Waals surface area contributed by atoms with E-state index in [0.717, 1.165) is 27.1 Å². The number of anilines is 1. The SMILES string of the molecule is Cc1cc(/C(O)=C2\C(=O)C(=O)N(c3ccc(F)cc3F)C2c2ccccc2)ccc1Br. The van der Waals surface area contributed by atoms with Crippen molar-refractivity contribution in [3.05, 3.63) is 105 Å². The number of aryl methyl sites for hydroxylation is 1. The summed E-state index contributed by atoms with van der Waals surface area (Å²) in [5, 5.41) is 11.0. The van der Waals surface area contributed by atoms with Crippen molar-refractivity contribution in [3.8, 4) is 0 Å². The number of aliphatic hydroxyl groups excluding tert-OH is 1. The lowest BCUT2D eigenvalue weighted by molar-refractivity contribution is -0.132. The molecule has 31 heavy (non-hydrogen) atoms. The number of amides is 1. The van der Waals surface area contributed by atoms with Gasteiger partial charge in [-0.25, -0.2) is 8.78 Å². The molecule has 0 aromatic heterocycles. The van der Waals surface area contributed by atoms with E-state index < -0.39 is 29.4 Å². The summed E-state index contributed by atoms with van der Waals surface area (Å²) in [5.74, 6) is -4.11. The van der Waals surface area contributed by atoms with Crippen LogP contribution in [0.3, 0.4) is 0 Å². The maximum absolute atomic E-state index is 14.6. The van der Waals surface area contributed by atoms with Gasteiger partial charge in [0.25, 0.3) is 11.7 Å². The van der Waals surface area contributed by atoms with Crippen LogP contribution in [0.4, 0.5) is 14.5 Å². The fourth-order valence-corrected chi connectivity index (χ4v) is 3.90. The summed E-state index contributed by atoms with van der Waals surface area (Å²) in [6.45, 7) is 1.82. The largest absolute Gasteiger partial charge is 0.507 e. The van der Waals surface area contributed by atoms with Gasteiger partial charge >= 0.3 is 0 Å². The zero-order valence-electron chi connectivity index (χ0n) is 16.3. The Morgan fingerprint density at radius 1 is 1.00 bits per heavy atom. The second-order valence-electron chi connectivity index (χ2n) is 7.14. The standard InChI is InChI=1S/C24H16BrF2NO3/c1-13-11-15(7-9-17(13)25)22(29)20-21(14-5-3-2-4-6-14)28(24(31)23(20)30)19-10-8-16(26)12-18(19)27/h2-12,21,29H,1H3/b22-20+. The molecule has 4 rings (SSSR count). The first kappa shape index (κ1) is 20.9. The summed E-state index contributed by atoms with van der Waals surface area (Å²) in [4.78, 5) is 26.9. The van der Waals surface area contributed by atoms with Crippen molar-refractivity contribution in [2.45, 2.75) is 13.0 Å². The lowest BCUT2D eigenvalue weighted by Crippen LogP contribution is -2.30. The third-order valence-corrected chi connectivity index (χ3v) is 6.05. The third kappa shape index (κ3) is 3.65. The van der Waals surface area contributed by atoms with E-state index in [9.17, 15) is 23.5 Å². The minimum absolute atomic E-state index is 0.165. The van der Waals surface area contributed by atoms with Crippen LogP contribution in [0, 0.1) is 18.6 Å². The van der Waals surface area contributed by atoms with Crippen molar-refractivity contribution >= 4 is 39.1 Å². The minimum Gasteiger partial charge on any atom is -0.507 e. The van der Waals surface area contributed by atoms with E-state index in [2.05, 4.69) is 15.9 Å². The van der Waals surface area contributed by atoms with Crippen molar-refractivity contribution in [3.63, 3.8) is 0 Å². The highest BCUT2D eigenvalue weighted by molar-refractivity contribution is 9.10. The fourth-order valence-electron chi connectivity index (χ4n) is 3.66. The van der Waals surface area contributed by atoms with Gasteiger partial charge in [-0.15, -0.1) is 0 Å². The highest BCUT2D eigenvalue weighted by Gasteiger charge is 2.47. The molecule has 4 nitrogen and oxygen atoms in total. The molecule has 1 amide bonds. The Morgan fingerprint density at radius 2 is 1.71 bits per heavy atom. The molecule has 0 radical (unpaired) electrons. The van der Waals surface area contributed by atoms with E-state index in [-0.39, 0.29) is 17.0 Å². The van der Waals surface area contributed by atoms with Crippen LogP contribution in [0.15, 0.2) is 76.8 Å². The summed E-state index contributed by atoms with van der Waals surface area (Å²) in [6.07, 6.45) is 0. The molecule has 1 saturated heterocycles. The predicted molar refractivity (Wildman–Crippen MR) is 116 cm³/mol. The Labute approximate surface area is 185 Å².